The molecule has 0 unspecified atom stereocenters. The first-order chi connectivity index (χ1) is 12.6. The Labute approximate surface area is 161 Å². The SMILES string of the molecule is C.CC(C)=O.CCOC(=O)C(=O)OCC.O=COc1cc(=O)cc(C(=O)O)[nH]1. The van der Waals surface area contributed by atoms with Crippen LogP contribution in [0, 0.1) is 0 Å². The zero-order valence-corrected chi connectivity index (χ0v) is 15.3. The molecule has 0 aromatic carbocycles. The number of hydrogen-bond acceptors (Lipinski definition) is 9. The van der Waals surface area contributed by atoms with Crippen LogP contribution in [0.5, 0.6) is 5.88 Å². The minimum absolute atomic E-state index is 0. The van der Waals surface area contributed by atoms with E-state index in [0.717, 1.165) is 12.1 Å². The van der Waals surface area contributed by atoms with Crippen molar-refractivity contribution in [2.24, 2.45) is 0 Å². The number of nitrogens with one attached hydrogen (secondary N) is 1. The van der Waals surface area contributed by atoms with Crippen LogP contribution in [0.25, 0.3) is 0 Å². The van der Waals surface area contributed by atoms with Crippen molar-refractivity contribution in [1.82, 2.24) is 4.98 Å². The highest BCUT2D eigenvalue weighted by molar-refractivity contribution is 6.29. The van der Waals surface area contributed by atoms with Gasteiger partial charge < -0.3 is 29.1 Å². The molecule has 0 aliphatic carbocycles. The van der Waals surface area contributed by atoms with Gasteiger partial charge in [0.1, 0.15) is 11.5 Å². The third-order valence-electron chi connectivity index (χ3n) is 1.94. The van der Waals surface area contributed by atoms with Gasteiger partial charge in [0.15, 0.2) is 5.43 Å². The lowest BCUT2D eigenvalue weighted by Gasteiger charge is -1.99. The number of esters is 2. The zero-order valence-electron chi connectivity index (χ0n) is 15.3. The van der Waals surface area contributed by atoms with Crippen LogP contribution in [0.2, 0.25) is 0 Å². The van der Waals surface area contributed by atoms with E-state index >= 15 is 0 Å². The van der Waals surface area contributed by atoms with Crippen LogP contribution in [0.4, 0.5) is 0 Å². The van der Waals surface area contributed by atoms with Crippen LogP contribution in [-0.4, -0.2) is 53.5 Å². The minimum atomic E-state index is -1.30. The summed E-state index contributed by atoms with van der Waals surface area (Å²) in [6.45, 7) is 6.78. The van der Waals surface area contributed by atoms with Gasteiger partial charge in [-0.2, -0.15) is 0 Å². The van der Waals surface area contributed by atoms with Gasteiger partial charge in [0.2, 0.25) is 5.88 Å². The number of carbonyl (C=O) groups excluding carboxylic acids is 4. The number of carboxylic acids is 1. The number of ketones is 1. The molecule has 1 aromatic rings. The predicted molar refractivity (Wildman–Crippen MR) is 97.1 cm³/mol. The van der Waals surface area contributed by atoms with Crippen LogP contribution in [0.15, 0.2) is 16.9 Å². The fraction of sp³-hybridized carbons (Fsp3) is 0.412. The van der Waals surface area contributed by atoms with Crippen molar-refractivity contribution in [3.8, 4) is 5.88 Å². The number of rotatable bonds is 5. The van der Waals surface area contributed by atoms with E-state index in [0.29, 0.717) is 0 Å². The van der Waals surface area contributed by atoms with Crippen LogP contribution in [0.3, 0.4) is 0 Å². The molecule has 0 amide bonds. The van der Waals surface area contributed by atoms with Crippen LogP contribution in [-0.2, 0) is 28.7 Å². The molecule has 0 fully saturated rings. The molecule has 2 N–H and O–H groups in total. The second-order valence-electron chi connectivity index (χ2n) is 4.46. The first kappa shape index (κ1) is 29.3. The Bertz CT molecular complexity index is 688. The molecule has 0 atom stereocenters. The number of pyridine rings is 1. The molecular formula is C17H25NO10. The quantitative estimate of drug-likeness (QED) is 0.410. The summed E-state index contributed by atoms with van der Waals surface area (Å²) >= 11 is 0. The van der Waals surface area contributed by atoms with Crippen molar-refractivity contribution in [1.29, 1.82) is 0 Å². The number of aromatic amines is 1. The number of hydrogen-bond donors (Lipinski definition) is 2. The van der Waals surface area contributed by atoms with E-state index in [1.807, 2.05) is 0 Å². The molecule has 1 heterocycles. The van der Waals surface area contributed by atoms with E-state index in [1.165, 1.54) is 13.8 Å². The highest BCUT2D eigenvalue weighted by Crippen LogP contribution is 2.02. The lowest BCUT2D eigenvalue weighted by Crippen LogP contribution is -2.19. The second-order valence-corrected chi connectivity index (χ2v) is 4.46. The van der Waals surface area contributed by atoms with E-state index in [-0.39, 0.29) is 44.5 Å². The topological polar surface area (TPSA) is 166 Å². The number of Topliss-reactive ketones (excluding diaryl/α,β-unsaturated/α-hetero) is 1. The Balaban J connectivity index is -0.000000373. The van der Waals surface area contributed by atoms with Gasteiger partial charge in [0.05, 0.1) is 13.2 Å². The molecule has 11 nitrogen and oxygen atoms in total. The average molecular weight is 403 g/mol. The van der Waals surface area contributed by atoms with E-state index in [9.17, 15) is 28.8 Å². The molecule has 0 aliphatic heterocycles. The smallest absolute Gasteiger partial charge is 0.417 e. The fourth-order valence-corrected chi connectivity index (χ4v) is 1.13. The van der Waals surface area contributed by atoms with Crippen molar-refractivity contribution in [2.45, 2.75) is 35.1 Å². The predicted octanol–water partition coefficient (Wildman–Crippen LogP) is 0.952. The van der Waals surface area contributed by atoms with E-state index in [4.69, 9.17) is 5.11 Å². The number of aromatic nitrogens is 1. The Hall–Kier alpha value is -3.50. The number of carboxylic acid groups (broad SMARTS) is 1. The van der Waals surface area contributed by atoms with E-state index < -0.39 is 23.3 Å². The van der Waals surface area contributed by atoms with Crippen LogP contribution < -0.4 is 10.2 Å². The van der Waals surface area contributed by atoms with Crippen molar-refractivity contribution >= 4 is 30.2 Å². The molecule has 1 aromatic heterocycles. The maximum absolute atomic E-state index is 10.8. The Morgan fingerprint density at radius 1 is 1.04 bits per heavy atom. The lowest BCUT2D eigenvalue weighted by molar-refractivity contribution is -0.167. The molecule has 0 radical (unpaired) electrons. The summed E-state index contributed by atoms with van der Waals surface area (Å²) in [5.74, 6) is -3.18. The highest BCUT2D eigenvalue weighted by atomic mass is 16.6. The Morgan fingerprint density at radius 2 is 1.46 bits per heavy atom. The largest absolute Gasteiger partial charge is 0.477 e. The molecule has 0 saturated carbocycles. The van der Waals surface area contributed by atoms with Gasteiger partial charge in [-0.15, -0.1) is 0 Å². The normalized spacial score (nSPS) is 8.29. The van der Waals surface area contributed by atoms with Gasteiger partial charge >= 0.3 is 17.9 Å². The number of aromatic carboxylic acids is 1. The van der Waals surface area contributed by atoms with Gasteiger partial charge in [0, 0.05) is 12.1 Å². The maximum atomic E-state index is 10.8. The Morgan fingerprint density at radius 3 is 1.79 bits per heavy atom. The monoisotopic (exact) mass is 403 g/mol. The van der Waals surface area contributed by atoms with Gasteiger partial charge in [-0.25, -0.2) is 14.4 Å². The molecule has 0 aliphatic rings. The second kappa shape index (κ2) is 16.9. The number of carbonyl (C=O) groups is 5. The maximum Gasteiger partial charge on any atom is 0.417 e. The van der Waals surface area contributed by atoms with Crippen LogP contribution >= 0.6 is 0 Å². The van der Waals surface area contributed by atoms with Crippen molar-refractivity contribution < 1.29 is 43.3 Å². The minimum Gasteiger partial charge on any atom is -0.477 e. The fourth-order valence-electron chi connectivity index (χ4n) is 1.13. The third kappa shape index (κ3) is 16.0. The summed E-state index contributed by atoms with van der Waals surface area (Å²) in [6.07, 6.45) is 0. The molecule has 11 heteroatoms. The lowest BCUT2D eigenvalue weighted by atomic mass is 10.3. The number of ether oxygens (including phenoxy) is 3. The van der Waals surface area contributed by atoms with Crippen molar-refractivity contribution in [2.75, 3.05) is 13.2 Å². The number of H-pyrrole nitrogens is 1. The first-order valence-corrected chi connectivity index (χ1v) is 7.47. The summed E-state index contributed by atoms with van der Waals surface area (Å²) in [5.41, 5.74) is -0.877. The molecular weight excluding hydrogens is 378 g/mol. The molecule has 28 heavy (non-hydrogen) atoms. The van der Waals surface area contributed by atoms with Crippen LogP contribution in [0.1, 0.15) is 45.6 Å². The first-order valence-electron chi connectivity index (χ1n) is 7.47. The molecule has 1 rings (SSSR count). The van der Waals surface area contributed by atoms with Crippen molar-refractivity contribution in [3.05, 3.63) is 28.0 Å². The van der Waals surface area contributed by atoms with E-state index in [1.54, 1.807) is 13.8 Å². The molecule has 0 spiro atoms. The molecule has 0 saturated heterocycles. The summed E-state index contributed by atoms with van der Waals surface area (Å²) in [6, 6.07) is 1.86. The molecule has 0 bridgehead atoms. The summed E-state index contributed by atoms with van der Waals surface area (Å²) in [7, 11) is 0. The zero-order chi connectivity index (χ0) is 21.4. The third-order valence-corrected chi connectivity index (χ3v) is 1.94. The summed E-state index contributed by atoms with van der Waals surface area (Å²) < 4.78 is 13.0. The van der Waals surface area contributed by atoms with Crippen molar-refractivity contribution in [3.63, 3.8) is 0 Å². The average Bonchev–Trinajstić information content (AvgIpc) is 2.55. The molecule has 158 valence electrons. The van der Waals surface area contributed by atoms with Gasteiger partial charge in [-0.3, -0.25) is 9.59 Å². The van der Waals surface area contributed by atoms with Gasteiger partial charge in [-0.05, 0) is 27.7 Å². The summed E-state index contributed by atoms with van der Waals surface area (Å²) in [4.78, 5) is 63.6. The van der Waals surface area contributed by atoms with Gasteiger partial charge in [0.25, 0.3) is 6.47 Å². The highest BCUT2D eigenvalue weighted by Gasteiger charge is 2.14. The van der Waals surface area contributed by atoms with E-state index in [2.05, 4.69) is 19.2 Å². The van der Waals surface area contributed by atoms with Gasteiger partial charge in [-0.1, -0.05) is 7.43 Å². The standard InChI is InChI=1S/C7H5NO5.C6H10O4.C3H6O.CH4/c9-3-13-6-2-4(10)1-5(8-6)7(11)12;1-3-9-5(7)6(8)10-4-2;1-3(2)4;/h1-3H,(H,8,10)(H,11,12);3-4H2,1-2H3;1-2H3;1H4. The summed E-state index contributed by atoms with van der Waals surface area (Å²) in [5, 5.41) is 8.49. The Kier molecular flexibility index (Phi) is 17.7.